The van der Waals surface area contributed by atoms with Gasteiger partial charge in [-0.25, -0.2) is 9.78 Å². The maximum absolute atomic E-state index is 12.5. The number of hydrogen-bond donors (Lipinski definition) is 2. The number of nitrogens with zero attached hydrogens (tertiary/aromatic N) is 3. The number of amides is 2. The number of nitrogens with one attached hydrogen (secondary N) is 1. The molecule has 1 aliphatic heterocycles. The highest BCUT2D eigenvalue weighted by atomic mass is 16.4. The largest absolute Gasteiger partial charge is 0.480 e. The molecule has 0 unspecified atom stereocenters. The molecule has 1 aromatic carbocycles. The predicted octanol–water partition coefficient (Wildman–Crippen LogP) is 1.63. The molecular weight excluding hydrogens is 296 g/mol. The summed E-state index contributed by atoms with van der Waals surface area (Å²) >= 11 is 0. The fourth-order valence-corrected chi connectivity index (χ4v) is 2.79. The number of carboxylic acids is 1. The summed E-state index contributed by atoms with van der Waals surface area (Å²) in [4.78, 5) is 29.1. The van der Waals surface area contributed by atoms with Crippen molar-refractivity contribution in [3.05, 3.63) is 48.0 Å². The van der Waals surface area contributed by atoms with Crippen LogP contribution in [-0.2, 0) is 24.3 Å². The van der Waals surface area contributed by atoms with Gasteiger partial charge in [-0.15, -0.1) is 0 Å². The molecule has 7 nitrogen and oxygen atoms in total. The molecule has 1 aliphatic rings. The van der Waals surface area contributed by atoms with Gasteiger partial charge in [0.1, 0.15) is 12.4 Å². The van der Waals surface area contributed by atoms with Crippen molar-refractivity contribution in [2.45, 2.75) is 25.9 Å². The third-order valence-electron chi connectivity index (χ3n) is 3.86. The van der Waals surface area contributed by atoms with Gasteiger partial charge in [0.25, 0.3) is 0 Å². The molecule has 0 saturated heterocycles. The maximum atomic E-state index is 12.5. The van der Waals surface area contributed by atoms with Crippen LogP contribution in [-0.4, -0.2) is 33.2 Å². The van der Waals surface area contributed by atoms with E-state index in [9.17, 15) is 9.59 Å². The van der Waals surface area contributed by atoms with Crippen LogP contribution in [0.3, 0.4) is 0 Å². The standard InChI is InChI=1S/C16H18N4O3/c21-15(22)11-19-9-7-17-14(19)10-18-16(23)20-8-3-5-12-4-1-2-6-13(12)20/h1-2,4,6-7,9H,3,5,8,10-11H2,(H,18,23)(H,21,22). The lowest BCUT2D eigenvalue weighted by atomic mass is 10.0. The number of rotatable bonds is 4. The van der Waals surface area contributed by atoms with E-state index in [1.807, 2.05) is 24.3 Å². The number of anilines is 1. The Morgan fingerprint density at radius 2 is 2.13 bits per heavy atom. The van der Waals surface area contributed by atoms with Gasteiger partial charge in [0.05, 0.1) is 6.54 Å². The third-order valence-corrected chi connectivity index (χ3v) is 3.86. The normalized spacial score (nSPS) is 13.5. The summed E-state index contributed by atoms with van der Waals surface area (Å²) in [5, 5.41) is 11.7. The molecule has 0 saturated carbocycles. The third kappa shape index (κ3) is 3.33. The monoisotopic (exact) mass is 314 g/mol. The van der Waals surface area contributed by atoms with E-state index in [1.165, 1.54) is 16.3 Å². The first-order chi connectivity index (χ1) is 11.1. The van der Waals surface area contributed by atoms with Gasteiger partial charge < -0.3 is 15.0 Å². The van der Waals surface area contributed by atoms with Gasteiger partial charge in [0.2, 0.25) is 0 Å². The molecule has 1 aromatic heterocycles. The fourth-order valence-electron chi connectivity index (χ4n) is 2.79. The summed E-state index contributed by atoms with van der Waals surface area (Å²) in [7, 11) is 0. The molecule has 0 bridgehead atoms. The number of aliphatic carboxylic acids is 1. The summed E-state index contributed by atoms with van der Waals surface area (Å²) < 4.78 is 1.51. The van der Waals surface area contributed by atoms with Crippen LogP contribution >= 0.6 is 0 Å². The first-order valence-electron chi connectivity index (χ1n) is 7.50. The highest BCUT2D eigenvalue weighted by molar-refractivity contribution is 5.93. The zero-order valence-corrected chi connectivity index (χ0v) is 12.6. The summed E-state index contributed by atoms with van der Waals surface area (Å²) in [5.41, 5.74) is 2.10. The number of carbonyl (C=O) groups is 2. The van der Waals surface area contributed by atoms with Gasteiger partial charge in [-0.2, -0.15) is 0 Å². The predicted molar refractivity (Wildman–Crippen MR) is 84.2 cm³/mol. The van der Waals surface area contributed by atoms with Gasteiger partial charge in [0, 0.05) is 24.6 Å². The molecule has 2 heterocycles. The van der Waals surface area contributed by atoms with Crippen molar-refractivity contribution in [3.8, 4) is 0 Å². The molecule has 0 atom stereocenters. The highest BCUT2D eigenvalue weighted by Gasteiger charge is 2.22. The van der Waals surface area contributed by atoms with Crippen LogP contribution in [0.1, 0.15) is 17.8 Å². The van der Waals surface area contributed by atoms with Crippen LogP contribution in [0.2, 0.25) is 0 Å². The van der Waals surface area contributed by atoms with Gasteiger partial charge in [0.15, 0.2) is 0 Å². The van der Waals surface area contributed by atoms with Crippen molar-refractivity contribution in [3.63, 3.8) is 0 Å². The van der Waals surface area contributed by atoms with E-state index < -0.39 is 5.97 Å². The lowest BCUT2D eigenvalue weighted by molar-refractivity contribution is -0.137. The van der Waals surface area contributed by atoms with Crippen LogP contribution < -0.4 is 10.2 Å². The Hall–Kier alpha value is -2.83. The molecule has 7 heteroatoms. The zero-order valence-electron chi connectivity index (χ0n) is 12.6. The first-order valence-corrected chi connectivity index (χ1v) is 7.50. The number of fused-ring (bicyclic) bond motifs is 1. The zero-order chi connectivity index (χ0) is 16.2. The Bertz CT molecular complexity index is 726. The van der Waals surface area contributed by atoms with Gasteiger partial charge in [-0.3, -0.25) is 9.69 Å². The fraction of sp³-hybridized carbons (Fsp3) is 0.312. The molecule has 0 spiro atoms. The molecule has 0 fully saturated rings. The number of carbonyl (C=O) groups excluding carboxylic acids is 1. The molecule has 23 heavy (non-hydrogen) atoms. The number of para-hydroxylation sites is 1. The Labute approximate surface area is 133 Å². The number of imidazole rings is 1. The molecular formula is C16H18N4O3. The summed E-state index contributed by atoms with van der Waals surface area (Å²) in [5.74, 6) is -0.424. The Kier molecular flexibility index (Phi) is 4.27. The van der Waals surface area contributed by atoms with E-state index in [4.69, 9.17) is 5.11 Å². The Morgan fingerprint density at radius 1 is 1.30 bits per heavy atom. The van der Waals surface area contributed by atoms with Crippen LogP contribution in [0.5, 0.6) is 0 Å². The number of hydrogen-bond acceptors (Lipinski definition) is 3. The van der Waals surface area contributed by atoms with Gasteiger partial charge in [-0.1, -0.05) is 18.2 Å². The second-order valence-corrected chi connectivity index (χ2v) is 5.41. The van der Waals surface area contributed by atoms with E-state index in [0.717, 1.165) is 18.5 Å². The number of carboxylic acid groups (broad SMARTS) is 1. The van der Waals surface area contributed by atoms with Crippen molar-refractivity contribution >= 4 is 17.7 Å². The second-order valence-electron chi connectivity index (χ2n) is 5.41. The average molecular weight is 314 g/mol. The minimum Gasteiger partial charge on any atom is -0.480 e. The van der Waals surface area contributed by atoms with Crippen LogP contribution in [0.15, 0.2) is 36.7 Å². The average Bonchev–Trinajstić information content (AvgIpc) is 2.98. The minimum atomic E-state index is -0.944. The molecule has 0 aliphatic carbocycles. The topological polar surface area (TPSA) is 87.5 Å². The van der Waals surface area contributed by atoms with E-state index in [0.29, 0.717) is 12.4 Å². The smallest absolute Gasteiger partial charge is 0.323 e. The molecule has 2 amide bonds. The van der Waals surface area contributed by atoms with Crippen molar-refractivity contribution in [1.29, 1.82) is 0 Å². The SMILES string of the molecule is O=C(O)Cn1ccnc1CNC(=O)N1CCCc2ccccc21. The lowest BCUT2D eigenvalue weighted by Crippen LogP contribution is -2.42. The van der Waals surface area contributed by atoms with Gasteiger partial charge in [-0.05, 0) is 24.5 Å². The summed E-state index contributed by atoms with van der Waals surface area (Å²) in [6, 6.07) is 7.68. The summed E-state index contributed by atoms with van der Waals surface area (Å²) in [6.45, 7) is 0.696. The first kappa shape index (κ1) is 15.1. The maximum Gasteiger partial charge on any atom is 0.323 e. The molecule has 0 radical (unpaired) electrons. The molecule has 3 rings (SSSR count). The quantitative estimate of drug-likeness (QED) is 0.898. The molecule has 2 N–H and O–H groups in total. The van der Waals surface area contributed by atoms with Crippen LogP contribution in [0.25, 0.3) is 0 Å². The number of aryl methyl sites for hydroxylation is 1. The number of benzene rings is 1. The van der Waals surface area contributed by atoms with Crippen LogP contribution in [0, 0.1) is 0 Å². The number of aromatic nitrogens is 2. The van der Waals surface area contributed by atoms with Crippen molar-refractivity contribution < 1.29 is 14.7 Å². The molecule has 120 valence electrons. The van der Waals surface area contributed by atoms with Crippen molar-refractivity contribution in [1.82, 2.24) is 14.9 Å². The molecule has 2 aromatic rings. The Morgan fingerprint density at radius 3 is 2.96 bits per heavy atom. The second kappa shape index (κ2) is 6.51. The Balaban J connectivity index is 1.67. The van der Waals surface area contributed by atoms with E-state index in [-0.39, 0.29) is 19.1 Å². The van der Waals surface area contributed by atoms with E-state index in [2.05, 4.69) is 10.3 Å². The minimum absolute atomic E-state index is 0.169. The number of urea groups is 1. The van der Waals surface area contributed by atoms with Crippen molar-refractivity contribution in [2.75, 3.05) is 11.4 Å². The summed E-state index contributed by atoms with van der Waals surface area (Å²) in [6.07, 6.45) is 5.02. The van der Waals surface area contributed by atoms with E-state index in [1.54, 1.807) is 11.1 Å². The highest BCUT2D eigenvalue weighted by Crippen LogP contribution is 2.26. The van der Waals surface area contributed by atoms with E-state index >= 15 is 0 Å². The van der Waals surface area contributed by atoms with Gasteiger partial charge >= 0.3 is 12.0 Å². The van der Waals surface area contributed by atoms with Crippen molar-refractivity contribution in [2.24, 2.45) is 0 Å². The van der Waals surface area contributed by atoms with Crippen LogP contribution in [0.4, 0.5) is 10.5 Å². The lowest BCUT2D eigenvalue weighted by Gasteiger charge is -2.29.